The summed E-state index contributed by atoms with van der Waals surface area (Å²) in [7, 11) is 1.17. The Morgan fingerprint density at radius 2 is 2.00 bits per heavy atom. The topological polar surface area (TPSA) is 125 Å². The largest absolute Gasteiger partial charge is 0.465 e. The average Bonchev–Trinajstić information content (AvgIpc) is 3.05. The number of nitro groups is 1. The van der Waals surface area contributed by atoms with Gasteiger partial charge in [0, 0.05) is 17.0 Å². The molecule has 0 atom stereocenters. The van der Waals surface area contributed by atoms with Gasteiger partial charge >= 0.3 is 17.8 Å². The number of non-ortho nitro benzene ring substituents is 1. The van der Waals surface area contributed by atoms with Crippen molar-refractivity contribution in [3.8, 4) is 10.4 Å². The van der Waals surface area contributed by atoms with Crippen molar-refractivity contribution in [3.05, 3.63) is 45.3 Å². The molecule has 1 amide bonds. The third-order valence-electron chi connectivity index (χ3n) is 3.15. The van der Waals surface area contributed by atoms with Crippen LogP contribution in [0.25, 0.3) is 10.4 Å². The lowest BCUT2D eigenvalue weighted by Gasteiger charge is -2.04. The molecule has 136 valence electrons. The Bertz CT molecular complexity index is 875. The molecular formula is C16H14N2O7S. The van der Waals surface area contributed by atoms with Gasteiger partial charge in [0.05, 0.1) is 24.3 Å². The lowest BCUT2D eigenvalue weighted by atomic mass is 10.1. The maximum atomic E-state index is 11.9. The standard InChI is InChI=1S/C16H14N2O7S/c1-3-25-16(21)14(19)17-11-8-12(26-13(11)15(20)24-2)9-5-4-6-10(7-9)18(22)23/h4-8H,3H2,1-2H3,(H,17,19). The zero-order chi connectivity index (χ0) is 19.3. The fourth-order valence-corrected chi connectivity index (χ4v) is 3.04. The van der Waals surface area contributed by atoms with Crippen molar-refractivity contribution in [1.82, 2.24) is 0 Å². The van der Waals surface area contributed by atoms with Gasteiger partial charge in [-0.25, -0.2) is 9.59 Å². The normalized spacial score (nSPS) is 10.1. The van der Waals surface area contributed by atoms with Crippen molar-refractivity contribution in [2.45, 2.75) is 6.92 Å². The lowest BCUT2D eigenvalue weighted by molar-refractivity contribution is -0.384. The van der Waals surface area contributed by atoms with Crippen LogP contribution >= 0.6 is 11.3 Å². The number of methoxy groups -OCH3 is 1. The molecule has 0 saturated heterocycles. The monoisotopic (exact) mass is 378 g/mol. The predicted octanol–water partition coefficient (Wildman–Crippen LogP) is 2.61. The molecule has 1 heterocycles. The van der Waals surface area contributed by atoms with Crippen molar-refractivity contribution in [1.29, 1.82) is 0 Å². The van der Waals surface area contributed by atoms with Gasteiger partial charge in [0.1, 0.15) is 4.88 Å². The van der Waals surface area contributed by atoms with Crippen LogP contribution in [0.1, 0.15) is 16.6 Å². The number of nitrogens with zero attached hydrogens (tertiary/aromatic N) is 1. The number of esters is 2. The van der Waals surface area contributed by atoms with Gasteiger partial charge in [-0.15, -0.1) is 11.3 Å². The van der Waals surface area contributed by atoms with E-state index in [1.165, 1.54) is 31.4 Å². The van der Waals surface area contributed by atoms with Crippen molar-refractivity contribution in [3.63, 3.8) is 0 Å². The first-order chi connectivity index (χ1) is 12.4. The average molecular weight is 378 g/mol. The molecule has 0 bridgehead atoms. The van der Waals surface area contributed by atoms with Crippen molar-refractivity contribution >= 4 is 40.6 Å². The van der Waals surface area contributed by atoms with Crippen LogP contribution in [0.15, 0.2) is 30.3 Å². The summed E-state index contributed by atoms with van der Waals surface area (Å²) in [5, 5.41) is 13.2. The number of nitrogens with one attached hydrogen (secondary N) is 1. The molecule has 0 aliphatic heterocycles. The number of nitro benzene ring substituents is 1. The highest BCUT2D eigenvalue weighted by molar-refractivity contribution is 7.18. The van der Waals surface area contributed by atoms with Crippen molar-refractivity contribution in [2.75, 3.05) is 19.0 Å². The van der Waals surface area contributed by atoms with Crippen LogP contribution in [0, 0.1) is 10.1 Å². The fraction of sp³-hybridized carbons (Fsp3) is 0.188. The maximum absolute atomic E-state index is 11.9. The second-order valence-corrected chi connectivity index (χ2v) is 5.88. The molecule has 0 aliphatic carbocycles. The molecule has 0 fully saturated rings. The third-order valence-corrected chi connectivity index (χ3v) is 4.32. The summed E-state index contributed by atoms with van der Waals surface area (Å²) < 4.78 is 9.27. The highest BCUT2D eigenvalue weighted by atomic mass is 32.1. The smallest absolute Gasteiger partial charge is 0.397 e. The molecule has 1 N–H and O–H groups in total. The molecule has 9 nitrogen and oxygen atoms in total. The van der Waals surface area contributed by atoms with E-state index in [1.54, 1.807) is 13.0 Å². The molecule has 2 aromatic rings. The number of hydrogen-bond donors (Lipinski definition) is 1. The molecule has 1 aromatic carbocycles. The lowest BCUT2D eigenvalue weighted by Crippen LogP contribution is -2.25. The van der Waals surface area contributed by atoms with Gasteiger partial charge in [0.15, 0.2) is 0 Å². The number of anilines is 1. The van der Waals surface area contributed by atoms with Crippen LogP contribution in [0.3, 0.4) is 0 Å². The molecule has 0 radical (unpaired) electrons. The number of hydrogen-bond acceptors (Lipinski definition) is 8. The van der Waals surface area contributed by atoms with Gasteiger partial charge in [0.2, 0.25) is 0 Å². The van der Waals surface area contributed by atoms with E-state index in [4.69, 9.17) is 0 Å². The number of carbonyl (C=O) groups excluding carboxylic acids is 3. The molecule has 0 saturated carbocycles. The molecule has 1 aromatic heterocycles. The highest BCUT2D eigenvalue weighted by Crippen LogP contribution is 2.36. The Labute approximate surface area is 151 Å². The quantitative estimate of drug-likeness (QED) is 0.367. The number of amides is 1. The zero-order valence-corrected chi connectivity index (χ0v) is 14.6. The summed E-state index contributed by atoms with van der Waals surface area (Å²) in [5.41, 5.74) is 0.417. The number of rotatable bonds is 5. The first kappa shape index (κ1) is 19.1. The molecule has 0 unspecified atom stereocenters. The highest BCUT2D eigenvalue weighted by Gasteiger charge is 2.23. The van der Waals surface area contributed by atoms with Gasteiger partial charge in [-0.3, -0.25) is 14.9 Å². The van der Waals surface area contributed by atoms with Crippen molar-refractivity contribution in [2.24, 2.45) is 0 Å². The summed E-state index contributed by atoms with van der Waals surface area (Å²) in [4.78, 5) is 46.2. The van der Waals surface area contributed by atoms with E-state index in [0.717, 1.165) is 11.3 Å². The Morgan fingerprint density at radius 1 is 1.27 bits per heavy atom. The van der Waals surface area contributed by atoms with Crippen LogP contribution in [0.5, 0.6) is 0 Å². The van der Waals surface area contributed by atoms with E-state index >= 15 is 0 Å². The molecule has 2 rings (SSSR count). The first-order valence-electron chi connectivity index (χ1n) is 7.32. The number of carbonyl (C=O) groups is 3. The van der Waals surface area contributed by atoms with Crippen molar-refractivity contribution < 1.29 is 28.8 Å². The zero-order valence-electron chi connectivity index (χ0n) is 13.8. The van der Waals surface area contributed by atoms with Crippen LogP contribution in [-0.4, -0.2) is 36.5 Å². The summed E-state index contributed by atoms with van der Waals surface area (Å²) in [6.45, 7) is 1.58. The Morgan fingerprint density at radius 3 is 2.62 bits per heavy atom. The number of benzene rings is 1. The molecular weight excluding hydrogens is 364 g/mol. The van der Waals surface area contributed by atoms with Gasteiger partial charge in [0.25, 0.3) is 5.69 Å². The second kappa shape index (κ2) is 8.21. The maximum Gasteiger partial charge on any atom is 0.397 e. The first-order valence-corrected chi connectivity index (χ1v) is 8.14. The van der Waals surface area contributed by atoms with Gasteiger partial charge in [-0.05, 0) is 18.6 Å². The Hall–Kier alpha value is -3.27. The van der Waals surface area contributed by atoms with E-state index in [0.29, 0.717) is 10.4 Å². The van der Waals surface area contributed by atoms with Gasteiger partial charge in [-0.1, -0.05) is 12.1 Å². The molecule has 10 heteroatoms. The Kier molecular flexibility index (Phi) is 6.02. The summed E-state index contributed by atoms with van der Waals surface area (Å²) in [6.07, 6.45) is 0. The predicted molar refractivity (Wildman–Crippen MR) is 93.0 cm³/mol. The minimum atomic E-state index is -1.09. The van der Waals surface area contributed by atoms with Crippen LogP contribution in [0.2, 0.25) is 0 Å². The minimum Gasteiger partial charge on any atom is -0.465 e. The van der Waals surface area contributed by atoms with E-state index < -0.39 is 22.8 Å². The third kappa shape index (κ3) is 4.22. The van der Waals surface area contributed by atoms with E-state index in [2.05, 4.69) is 14.8 Å². The summed E-state index contributed by atoms with van der Waals surface area (Å²) in [6, 6.07) is 7.23. The molecule has 26 heavy (non-hydrogen) atoms. The van der Waals surface area contributed by atoms with Gasteiger partial charge in [-0.2, -0.15) is 0 Å². The van der Waals surface area contributed by atoms with E-state index in [1.807, 2.05) is 0 Å². The summed E-state index contributed by atoms with van der Waals surface area (Å²) >= 11 is 0.969. The van der Waals surface area contributed by atoms with E-state index in [9.17, 15) is 24.5 Å². The minimum absolute atomic E-state index is 0.0265. The number of ether oxygens (including phenoxy) is 2. The molecule has 0 spiro atoms. The SMILES string of the molecule is CCOC(=O)C(=O)Nc1cc(-c2cccc([N+](=O)[O-])c2)sc1C(=O)OC. The second-order valence-electron chi connectivity index (χ2n) is 4.83. The van der Waals surface area contributed by atoms with Gasteiger partial charge < -0.3 is 14.8 Å². The fourth-order valence-electron chi connectivity index (χ4n) is 2.01. The number of thiophene rings is 1. The van der Waals surface area contributed by atoms with Crippen LogP contribution in [0.4, 0.5) is 11.4 Å². The van der Waals surface area contributed by atoms with Crippen LogP contribution < -0.4 is 5.32 Å². The Balaban J connectivity index is 2.41. The van der Waals surface area contributed by atoms with E-state index in [-0.39, 0.29) is 22.9 Å². The molecule has 0 aliphatic rings. The van der Waals surface area contributed by atoms with Crippen LogP contribution in [-0.2, 0) is 19.1 Å². The summed E-state index contributed by atoms with van der Waals surface area (Å²) in [5.74, 6) is -2.85.